The van der Waals surface area contributed by atoms with Crippen LogP contribution in [-0.4, -0.2) is 37.4 Å². The van der Waals surface area contributed by atoms with Gasteiger partial charge < -0.3 is 4.90 Å². The van der Waals surface area contributed by atoms with E-state index in [4.69, 9.17) is 0 Å². The van der Waals surface area contributed by atoms with Crippen LogP contribution in [0.1, 0.15) is 19.5 Å². The van der Waals surface area contributed by atoms with Crippen molar-refractivity contribution >= 4 is 21.8 Å². The summed E-state index contributed by atoms with van der Waals surface area (Å²) in [5.74, 6) is -0.00528. The molecule has 0 saturated heterocycles. The van der Waals surface area contributed by atoms with E-state index in [-0.39, 0.29) is 5.91 Å². The van der Waals surface area contributed by atoms with Crippen LogP contribution in [0.2, 0.25) is 0 Å². The summed E-state index contributed by atoms with van der Waals surface area (Å²) in [6.45, 7) is 4.23. The second-order valence-electron chi connectivity index (χ2n) is 5.27. The molecule has 2 aromatic heterocycles. The van der Waals surface area contributed by atoms with Crippen LogP contribution in [0.3, 0.4) is 0 Å². The molecule has 0 aromatic carbocycles. The van der Waals surface area contributed by atoms with Crippen molar-refractivity contribution < 1.29 is 4.79 Å². The molecule has 0 saturated carbocycles. The Bertz CT molecular complexity index is 616. The minimum absolute atomic E-state index is 0.00528. The highest BCUT2D eigenvalue weighted by Crippen LogP contribution is 2.20. The van der Waals surface area contributed by atoms with E-state index in [2.05, 4.69) is 26.1 Å². The summed E-state index contributed by atoms with van der Waals surface area (Å²) in [6, 6.07) is 1.90. The van der Waals surface area contributed by atoms with E-state index in [0.29, 0.717) is 6.54 Å². The third-order valence-corrected chi connectivity index (χ3v) is 3.73. The molecule has 0 radical (unpaired) electrons. The first-order valence-corrected chi connectivity index (χ1v) is 7.05. The SMILES string of the molecule is CN(Cc1ccnn1C)C(=O)C(C)(C)n1cc(Br)cn1. The summed E-state index contributed by atoms with van der Waals surface area (Å²) in [5.41, 5.74) is 0.248. The van der Waals surface area contributed by atoms with Gasteiger partial charge in [-0.25, -0.2) is 0 Å². The van der Waals surface area contributed by atoms with Gasteiger partial charge in [0.15, 0.2) is 0 Å². The topological polar surface area (TPSA) is 56.0 Å². The predicted molar refractivity (Wildman–Crippen MR) is 78.9 cm³/mol. The Morgan fingerprint density at radius 1 is 1.45 bits per heavy atom. The molecule has 2 aromatic rings. The first-order valence-electron chi connectivity index (χ1n) is 6.25. The van der Waals surface area contributed by atoms with Gasteiger partial charge in [-0.15, -0.1) is 0 Å². The molecule has 0 aliphatic rings. The standard InChI is InChI=1S/C13H18BrN5O/c1-13(2,19-8-10(14)7-16-19)12(20)17(3)9-11-5-6-15-18(11)4/h5-8H,9H2,1-4H3. The maximum atomic E-state index is 12.6. The van der Waals surface area contributed by atoms with Crippen molar-refractivity contribution in [1.82, 2.24) is 24.5 Å². The number of aryl methyl sites for hydroxylation is 1. The first kappa shape index (κ1) is 14.8. The van der Waals surface area contributed by atoms with Gasteiger partial charge in [0.05, 0.1) is 22.9 Å². The number of halogens is 1. The highest BCUT2D eigenvalue weighted by molar-refractivity contribution is 9.10. The van der Waals surface area contributed by atoms with Gasteiger partial charge in [-0.2, -0.15) is 10.2 Å². The number of rotatable bonds is 4. The Morgan fingerprint density at radius 2 is 2.15 bits per heavy atom. The Hall–Kier alpha value is -1.63. The lowest BCUT2D eigenvalue weighted by Crippen LogP contribution is -2.45. The van der Waals surface area contributed by atoms with E-state index in [0.717, 1.165) is 10.2 Å². The van der Waals surface area contributed by atoms with Gasteiger partial charge in [-0.05, 0) is 35.8 Å². The summed E-state index contributed by atoms with van der Waals surface area (Å²) in [5, 5.41) is 8.32. The second-order valence-corrected chi connectivity index (χ2v) is 6.19. The smallest absolute Gasteiger partial charge is 0.250 e. The molecule has 0 atom stereocenters. The first-order chi connectivity index (χ1) is 9.32. The van der Waals surface area contributed by atoms with Crippen LogP contribution in [0.4, 0.5) is 0 Å². The van der Waals surface area contributed by atoms with E-state index in [1.165, 1.54) is 0 Å². The van der Waals surface area contributed by atoms with Crippen LogP contribution in [0.25, 0.3) is 0 Å². The molecule has 0 fully saturated rings. The summed E-state index contributed by atoms with van der Waals surface area (Å²) in [7, 11) is 3.65. The molecule has 0 bridgehead atoms. The minimum Gasteiger partial charge on any atom is -0.338 e. The molecule has 2 heterocycles. The van der Waals surface area contributed by atoms with Gasteiger partial charge in [-0.3, -0.25) is 14.2 Å². The van der Waals surface area contributed by atoms with Gasteiger partial charge in [-0.1, -0.05) is 0 Å². The maximum absolute atomic E-state index is 12.6. The zero-order valence-corrected chi connectivity index (χ0v) is 13.6. The lowest BCUT2D eigenvalue weighted by molar-refractivity contribution is -0.139. The summed E-state index contributed by atoms with van der Waals surface area (Å²) in [6.07, 6.45) is 5.20. The van der Waals surface area contributed by atoms with Crippen molar-refractivity contribution in [2.45, 2.75) is 25.9 Å². The Morgan fingerprint density at radius 3 is 2.65 bits per heavy atom. The Kier molecular flexibility index (Phi) is 3.99. The third kappa shape index (κ3) is 2.77. The zero-order valence-electron chi connectivity index (χ0n) is 12.0. The molecular formula is C13H18BrN5O. The van der Waals surface area contributed by atoms with E-state index >= 15 is 0 Å². The number of carbonyl (C=O) groups is 1. The number of hydrogen-bond donors (Lipinski definition) is 0. The van der Waals surface area contributed by atoms with Crippen LogP contribution in [0.5, 0.6) is 0 Å². The highest BCUT2D eigenvalue weighted by atomic mass is 79.9. The van der Waals surface area contributed by atoms with E-state index < -0.39 is 5.54 Å². The molecule has 0 unspecified atom stereocenters. The van der Waals surface area contributed by atoms with E-state index in [9.17, 15) is 4.79 Å². The Balaban J connectivity index is 2.15. The van der Waals surface area contributed by atoms with Crippen LogP contribution < -0.4 is 0 Å². The molecule has 2 rings (SSSR count). The number of aromatic nitrogens is 4. The molecule has 0 spiro atoms. The molecule has 0 N–H and O–H groups in total. The molecule has 7 heteroatoms. The van der Waals surface area contributed by atoms with Gasteiger partial charge in [0.25, 0.3) is 0 Å². The molecule has 0 aliphatic heterocycles. The summed E-state index contributed by atoms with van der Waals surface area (Å²) >= 11 is 3.35. The minimum atomic E-state index is -0.737. The maximum Gasteiger partial charge on any atom is 0.250 e. The Labute approximate surface area is 126 Å². The van der Waals surface area contributed by atoms with Gasteiger partial charge >= 0.3 is 0 Å². The summed E-state index contributed by atoms with van der Waals surface area (Å²) in [4.78, 5) is 14.3. The molecule has 20 heavy (non-hydrogen) atoms. The van der Waals surface area contributed by atoms with Crippen molar-refractivity contribution in [2.75, 3.05) is 7.05 Å². The van der Waals surface area contributed by atoms with Gasteiger partial charge in [0, 0.05) is 26.5 Å². The fourth-order valence-electron chi connectivity index (χ4n) is 2.04. The number of carbonyl (C=O) groups excluding carboxylic acids is 1. The monoisotopic (exact) mass is 339 g/mol. The molecule has 1 amide bonds. The highest BCUT2D eigenvalue weighted by Gasteiger charge is 2.33. The largest absolute Gasteiger partial charge is 0.338 e. The predicted octanol–water partition coefficient (Wildman–Crippen LogP) is 1.77. The number of hydrogen-bond acceptors (Lipinski definition) is 3. The number of nitrogens with zero attached hydrogens (tertiary/aromatic N) is 5. The van der Waals surface area contributed by atoms with Gasteiger partial charge in [0.1, 0.15) is 5.54 Å². The normalized spacial score (nSPS) is 11.7. The van der Waals surface area contributed by atoms with Crippen molar-refractivity contribution in [3.05, 3.63) is 34.8 Å². The zero-order chi connectivity index (χ0) is 14.9. The van der Waals surface area contributed by atoms with Gasteiger partial charge in [0.2, 0.25) is 5.91 Å². The van der Waals surface area contributed by atoms with Crippen LogP contribution in [0, 0.1) is 0 Å². The number of amides is 1. The average molecular weight is 340 g/mol. The summed E-state index contributed by atoms with van der Waals surface area (Å²) < 4.78 is 4.29. The van der Waals surface area contributed by atoms with E-state index in [1.807, 2.05) is 27.0 Å². The van der Waals surface area contributed by atoms with Crippen molar-refractivity contribution in [1.29, 1.82) is 0 Å². The quantitative estimate of drug-likeness (QED) is 0.852. The molecule has 108 valence electrons. The molecule has 0 aliphatic carbocycles. The van der Waals surface area contributed by atoms with E-state index in [1.54, 1.807) is 39.9 Å². The fourth-order valence-corrected chi connectivity index (χ4v) is 2.33. The van der Waals surface area contributed by atoms with Crippen LogP contribution in [-0.2, 0) is 23.9 Å². The lowest BCUT2D eigenvalue weighted by atomic mass is 10.0. The van der Waals surface area contributed by atoms with Crippen molar-refractivity contribution in [3.63, 3.8) is 0 Å². The van der Waals surface area contributed by atoms with Crippen molar-refractivity contribution in [3.8, 4) is 0 Å². The average Bonchev–Trinajstić information content (AvgIpc) is 2.98. The lowest BCUT2D eigenvalue weighted by Gasteiger charge is -2.29. The molecular weight excluding hydrogens is 322 g/mol. The fraction of sp³-hybridized carbons (Fsp3) is 0.462. The van der Waals surface area contributed by atoms with Crippen molar-refractivity contribution in [2.24, 2.45) is 7.05 Å². The second kappa shape index (κ2) is 5.40. The number of likely N-dealkylation sites (N-methyl/N-ethyl adjacent to an activating group) is 1. The van der Waals surface area contributed by atoms with Crippen LogP contribution in [0.15, 0.2) is 29.1 Å². The molecule has 6 nitrogen and oxygen atoms in total. The third-order valence-electron chi connectivity index (χ3n) is 3.32. The van der Waals surface area contributed by atoms with Crippen LogP contribution >= 0.6 is 15.9 Å².